The van der Waals surface area contributed by atoms with Gasteiger partial charge in [0.1, 0.15) is 10.7 Å². The lowest BCUT2D eigenvalue weighted by Gasteiger charge is -2.11. The van der Waals surface area contributed by atoms with Crippen molar-refractivity contribution in [3.63, 3.8) is 0 Å². The molecule has 21 heavy (non-hydrogen) atoms. The van der Waals surface area contributed by atoms with E-state index in [0.29, 0.717) is 4.47 Å². The average molecular weight is 499 g/mol. The molecular formula is C13H11Br3N2O2S. The van der Waals surface area contributed by atoms with Gasteiger partial charge in [-0.2, -0.15) is 0 Å². The number of benzene rings is 1. The second-order valence-electron chi connectivity index (χ2n) is 4.46. The summed E-state index contributed by atoms with van der Waals surface area (Å²) in [5, 5.41) is 0. The van der Waals surface area contributed by atoms with Gasteiger partial charge in [0, 0.05) is 19.6 Å². The Hall–Kier alpha value is -0.440. The Kier molecular flexibility index (Phi) is 5.12. The smallest absolute Gasteiger partial charge is 0.263 e. The van der Waals surface area contributed by atoms with Gasteiger partial charge >= 0.3 is 0 Å². The number of sulfonamides is 1. The molecule has 0 saturated heterocycles. The zero-order valence-corrected chi connectivity index (χ0v) is 16.7. The summed E-state index contributed by atoms with van der Waals surface area (Å²) in [5.74, 6) is 0.277. The molecule has 0 amide bonds. The number of nitrogens with one attached hydrogen (secondary N) is 1. The van der Waals surface area contributed by atoms with Gasteiger partial charge in [-0.15, -0.1) is 0 Å². The van der Waals surface area contributed by atoms with Crippen molar-refractivity contribution in [1.82, 2.24) is 4.98 Å². The lowest BCUT2D eigenvalue weighted by Crippen LogP contribution is -2.15. The van der Waals surface area contributed by atoms with Crippen LogP contribution in [0.3, 0.4) is 0 Å². The normalized spacial score (nSPS) is 11.5. The Bertz CT molecular complexity index is 807. The van der Waals surface area contributed by atoms with Crippen LogP contribution in [0.5, 0.6) is 0 Å². The van der Waals surface area contributed by atoms with E-state index >= 15 is 0 Å². The van der Waals surface area contributed by atoms with Crippen LogP contribution in [0.1, 0.15) is 11.1 Å². The summed E-state index contributed by atoms with van der Waals surface area (Å²) >= 11 is 9.96. The monoisotopic (exact) mass is 496 g/mol. The molecule has 8 heteroatoms. The molecule has 1 heterocycles. The van der Waals surface area contributed by atoms with Crippen LogP contribution in [0.4, 0.5) is 5.82 Å². The molecule has 1 aromatic carbocycles. The predicted octanol–water partition coefficient (Wildman–Crippen LogP) is 4.79. The van der Waals surface area contributed by atoms with Crippen LogP contribution in [0.15, 0.2) is 42.7 Å². The summed E-state index contributed by atoms with van der Waals surface area (Å²) in [6.45, 7) is 3.75. The Morgan fingerprint density at radius 3 is 2.19 bits per heavy atom. The number of hydrogen-bond donors (Lipinski definition) is 1. The second-order valence-corrected chi connectivity index (χ2v) is 8.67. The van der Waals surface area contributed by atoms with E-state index in [9.17, 15) is 8.42 Å². The van der Waals surface area contributed by atoms with Crippen molar-refractivity contribution in [2.45, 2.75) is 18.7 Å². The maximum absolute atomic E-state index is 12.5. The molecule has 2 rings (SSSR count). The molecule has 0 saturated carbocycles. The third-order valence-electron chi connectivity index (χ3n) is 2.79. The molecule has 0 atom stereocenters. The maximum Gasteiger partial charge on any atom is 0.264 e. The Morgan fingerprint density at radius 1 is 0.952 bits per heavy atom. The number of anilines is 1. The molecule has 0 aliphatic carbocycles. The first-order valence-corrected chi connectivity index (χ1v) is 9.67. The maximum atomic E-state index is 12.5. The topological polar surface area (TPSA) is 59.1 Å². The first-order chi connectivity index (χ1) is 9.70. The number of halogens is 3. The van der Waals surface area contributed by atoms with Gasteiger partial charge < -0.3 is 0 Å². The molecule has 1 aromatic heterocycles. The van der Waals surface area contributed by atoms with Gasteiger partial charge in [-0.3, -0.25) is 4.72 Å². The highest BCUT2D eigenvalue weighted by Gasteiger charge is 2.20. The number of nitrogens with zero attached hydrogens (tertiary/aromatic N) is 1. The van der Waals surface area contributed by atoms with E-state index in [1.165, 1.54) is 0 Å². The Balaban J connectivity index is 2.43. The second kappa shape index (κ2) is 6.36. The lowest BCUT2D eigenvalue weighted by molar-refractivity contribution is 0.600. The quantitative estimate of drug-likeness (QED) is 0.662. The summed E-state index contributed by atoms with van der Waals surface area (Å²) in [4.78, 5) is 4.21. The van der Waals surface area contributed by atoms with Gasteiger partial charge in [-0.05, 0) is 75.0 Å². The molecule has 0 aliphatic rings. The van der Waals surface area contributed by atoms with Crippen molar-refractivity contribution in [3.8, 4) is 0 Å². The third-order valence-corrected chi connectivity index (χ3v) is 6.79. The Morgan fingerprint density at radius 2 is 1.57 bits per heavy atom. The number of rotatable bonds is 3. The van der Waals surface area contributed by atoms with E-state index in [1.807, 2.05) is 13.8 Å². The van der Waals surface area contributed by atoms with Crippen molar-refractivity contribution < 1.29 is 8.42 Å². The summed E-state index contributed by atoms with van der Waals surface area (Å²) < 4.78 is 29.5. The minimum atomic E-state index is -3.72. The van der Waals surface area contributed by atoms with Crippen molar-refractivity contribution in [2.24, 2.45) is 0 Å². The van der Waals surface area contributed by atoms with Crippen LogP contribution in [0, 0.1) is 13.8 Å². The van der Waals surface area contributed by atoms with Gasteiger partial charge in [-0.25, -0.2) is 13.4 Å². The molecule has 0 aliphatic heterocycles. The van der Waals surface area contributed by atoms with Gasteiger partial charge in [-0.1, -0.05) is 15.9 Å². The molecule has 2 aromatic rings. The van der Waals surface area contributed by atoms with E-state index < -0.39 is 10.0 Å². The molecule has 112 valence electrons. The summed E-state index contributed by atoms with van der Waals surface area (Å²) in [7, 11) is -3.72. The van der Waals surface area contributed by atoms with Crippen molar-refractivity contribution in [2.75, 3.05) is 4.72 Å². The van der Waals surface area contributed by atoms with Crippen LogP contribution in [-0.4, -0.2) is 13.4 Å². The number of pyridine rings is 1. The van der Waals surface area contributed by atoms with Crippen molar-refractivity contribution in [1.29, 1.82) is 0 Å². The fraction of sp³-hybridized carbons (Fsp3) is 0.154. The highest BCUT2D eigenvalue weighted by atomic mass is 79.9. The molecule has 1 N–H and O–H groups in total. The Labute approximate surface area is 148 Å². The van der Waals surface area contributed by atoms with Crippen LogP contribution in [-0.2, 0) is 10.0 Å². The lowest BCUT2D eigenvalue weighted by atomic mass is 10.2. The number of aromatic nitrogens is 1. The summed E-state index contributed by atoms with van der Waals surface area (Å²) in [6, 6.07) is 4.98. The largest absolute Gasteiger partial charge is 0.264 e. The highest BCUT2D eigenvalue weighted by Crippen LogP contribution is 2.30. The first-order valence-electron chi connectivity index (χ1n) is 5.81. The van der Waals surface area contributed by atoms with Gasteiger partial charge in [0.25, 0.3) is 10.0 Å². The first kappa shape index (κ1) is 16.9. The molecule has 0 fully saturated rings. The van der Waals surface area contributed by atoms with Gasteiger partial charge in [0.15, 0.2) is 0 Å². The van der Waals surface area contributed by atoms with Crippen molar-refractivity contribution >= 4 is 63.6 Å². The average Bonchev–Trinajstić information content (AvgIpc) is 2.37. The predicted molar refractivity (Wildman–Crippen MR) is 94.1 cm³/mol. The zero-order chi connectivity index (χ0) is 15.8. The standard InChI is InChI=1S/C13H11Br3N2O2S/c1-7-3-10(15)12(5-9(7)14)21(19,20)18-13-4-8(2)11(16)6-17-13/h3-6H,1-2H3,(H,17,18). The highest BCUT2D eigenvalue weighted by molar-refractivity contribution is 9.11. The summed E-state index contributed by atoms with van der Waals surface area (Å²) in [5.41, 5.74) is 1.84. The van der Waals surface area contributed by atoms with Crippen LogP contribution in [0.25, 0.3) is 0 Å². The molecule has 4 nitrogen and oxygen atoms in total. The van der Waals surface area contributed by atoms with Crippen LogP contribution < -0.4 is 4.72 Å². The van der Waals surface area contributed by atoms with E-state index in [2.05, 4.69) is 57.5 Å². The molecule has 0 unspecified atom stereocenters. The van der Waals surface area contributed by atoms with Gasteiger partial charge in [0.2, 0.25) is 0 Å². The van der Waals surface area contributed by atoms with Crippen molar-refractivity contribution in [3.05, 3.63) is 48.9 Å². The zero-order valence-electron chi connectivity index (χ0n) is 11.1. The third kappa shape index (κ3) is 3.85. The number of aryl methyl sites for hydroxylation is 2. The molecule has 0 bridgehead atoms. The minimum Gasteiger partial charge on any atom is -0.263 e. The van der Waals surface area contributed by atoms with E-state index in [0.717, 1.165) is 20.1 Å². The van der Waals surface area contributed by atoms with Crippen LogP contribution >= 0.6 is 47.8 Å². The number of hydrogen-bond acceptors (Lipinski definition) is 3. The molecular weight excluding hydrogens is 488 g/mol. The SMILES string of the molecule is Cc1cc(NS(=O)(=O)c2cc(Br)c(C)cc2Br)ncc1Br. The van der Waals surface area contributed by atoms with Crippen LogP contribution in [0.2, 0.25) is 0 Å². The molecule has 0 spiro atoms. The fourth-order valence-electron chi connectivity index (χ4n) is 1.62. The van der Waals surface area contributed by atoms with E-state index in [-0.39, 0.29) is 10.7 Å². The fourth-order valence-corrected chi connectivity index (χ4v) is 4.52. The summed E-state index contributed by atoms with van der Waals surface area (Å²) in [6.07, 6.45) is 1.56. The minimum absolute atomic E-state index is 0.155. The molecule has 0 radical (unpaired) electrons. The van der Waals surface area contributed by atoms with E-state index in [1.54, 1.807) is 24.4 Å². The van der Waals surface area contributed by atoms with E-state index in [4.69, 9.17) is 0 Å². The van der Waals surface area contributed by atoms with Gasteiger partial charge in [0.05, 0.1) is 0 Å².